The fraction of sp³-hybridized carbons (Fsp3) is 0.167. The lowest BCUT2D eigenvalue weighted by Gasteiger charge is -2.07. The van der Waals surface area contributed by atoms with E-state index in [1.807, 2.05) is 0 Å². The molecule has 0 amide bonds. The molecule has 0 unspecified atom stereocenters. The van der Waals surface area contributed by atoms with E-state index in [0.29, 0.717) is 6.07 Å². The zero-order valence-corrected chi connectivity index (χ0v) is 8.57. The second kappa shape index (κ2) is 3.78. The summed E-state index contributed by atoms with van der Waals surface area (Å²) in [5.41, 5.74) is 2.56. The quantitative estimate of drug-likeness (QED) is 0.768. The summed E-state index contributed by atoms with van der Waals surface area (Å²) in [7, 11) is 0.398. The van der Waals surface area contributed by atoms with E-state index in [9.17, 15) is 22.0 Å². The van der Waals surface area contributed by atoms with Gasteiger partial charge in [0.15, 0.2) is 5.03 Å². The molecule has 0 aromatic carbocycles. The first-order valence-corrected chi connectivity index (χ1v) is 5.80. The van der Waals surface area contributed by atoms with Gasteiger partial charge in [-0.05, 0) is 0 Å². The van der Waals surface area contributed by atoms with Crippen LogP contribution in [0, 0.1) is 0 Å². The summed E-state index contributed by atoms with van der Waals surface area (Å²) in [4.78, 5) is 12.5. The van der Waals surface area contributed by atoms with E-state index in [1.54, 1.807) is 4.98 Å². The molecule has 0 radical (unpaired) electrons. The molecule has 0 saturated carbocycles. The number of aromatic amines is 1. The highest BCUT2D eigenvalue weighted by atomic mass is 35.7. The lowest BCUT2D eigenvalue weighted by atomic mass is 10.2. The van der Waals surface area contributed by atoms with E-state index in [0.717, 1.165) is 0 Å². The molecule has 1 rings (SSSR count). The first-order chi connectivity index (χ1) is 6.73. The van der Waals surface area contributed by atoms with Crippen molar-refractivity contribution in [2.24, 2.45) is 0 Å². The van der Waals surface area contributed by atoms with Crippen molar-refractivity contribution in [2.45, 2.75) is 11.5 Å². The van der Waals surface area contributed by atoms with Crippen molar-refractivity contribution in [3.63, 3.8) is 0 Å². The molecule has 9 heteroatoms. The first-order valence-electron chi connectivity index (χ1n) is 3.49. The highest BCUT2D eigenvalue weighted by molar-refractivity contribution is 8.13. The lowest BCUT2D eigenvalue weighted by molar-refractivity contribution is 0.148. The number of anilines is 1. The number of aromatic nitrogens is 1. The number of hydrogen-bond donors (Lipinski definition) is 2. The molecule has 0 aliphatic heterocycles. The largest absolute Gasteiger partial charge is 0.398 e. The fourth-order valence-corrected chi connectivity index (χ4v) is 2.04. The Hall–Kier alpha value is -1.15. The van der Waals surface area contributed by atoms with Gasteiger partial charge in [0.05, 0.1) is 5.56 Å². The van der Waals surface area contributed by atoms with E-state index in [-0.39, 0.29) is 0 Å². The summed E-state index contributed by atoms with van der Waals surface area (Å²) in [6.07, 6.45) is -3.15. The van der Waals surface area contributed by atoms with Crippen LogP contribution in [0.3, 0.4) is 0 Å². The van der Waals surface area contributed by atoms with Gasteiger partial charge in [-0.15, -0.1) is 0 Å². The molecule has 84 valence electrons. The number of rotatable bonds is 2. The van der Waals surface area contributed by atoms with Crippen LogP contribution in [-0.2, 0) is 9.05 Å². The number of H-pyrrole nitrogens is 1. The Morgan fingerprint density at radius 1 is 1.47 bits per heavy atom. The molecule has 0 bridgehead atoms. The standard InChI is InChI=1S/C6H5ClF2N2O3S/c7-15(13,14)6-4(5(8)9)2(10)1-3(12)11-6/h1,5H,(H3,10,11,12). The zero-order valence-electron chi connectivity index (χ0n) is 7.00. The van der Waals surface area contributed by atoms with Gasteiger partial charge >= 0.3 is 0 Å². The Balaban J connectivity index is 3.70. The van der Waals surface area contributed by atoms with Gasteiger partial charge in [-0.25, -0.2) is 17.2 Å². The third-order valence-corrected chi connectivity index (χ3v) is 2.81. The molecular formula is C6H5ClF2N2O3S. The minimum Gasteiger partial charge on any atom is -0.398 e. The van der Waals surface area contributed by atoms with Gasteiger partial charge in [-0.1, -0.05) is 0 Å². The van der Waals surface area contributed by atoms with Crippen LogP contribution >= 0.6 is 10.7 Å². The summed E-state index contributed by atoms with van der Waals surface area (Å²) >= 11 is 0. The molecule has 0 spiro atoms. The number of nitrogens with one attached hydrogen (secondary N) is 1. The van der Waals surface area contributed by atoms with Crippen molar-refractivity contribution < 1.29 is 17.2 Å². The highest BCUT2D eigenvalue weighted by Crippen LogP contribution is 2.30. The molecular weight excluding hydrogens is 254 g/mol. The molecule has 1 aromatic rings. The minimum absolute atomic E-state index is 0.618. The average Bonchev–Trinajstić information content (AvgIpc) is 1.99. The topological polar surface area (TPSA) is 93.0 Å². The summed E-state index contributed by atoms with van der Waals surface area (Å²) in [6, 6.07) is 0.660. The second-order valence-corrected chi connectivity index (χ2v) is 5.07. The number of hydrogen-bond acceptors (Lipinski definition) is 4. The van der Waals surface area contributed by atoms with Crippen LogP contribution in [0.15, 0.2) is 15.9 Å². The number of nitrogen functional groups attached to an aromatic ring is 1. The van der Waals surface area contributed by atoms with Crippen molar-refractivity contribution in [1.29, 1.82) is 0 Å². The molecule has 1 aromatic heterocycles. The maximum atomic E-state index is 12.4. The van der Waals surface area contributed by atoms with E-state index < -0.39 is 37.3 Å². The summed E-state index contributed by atoms with van der Waals surface area (Å²) in [5.74, 6) is 0. The third kappa shape index (κ3) is 2.45. The minimum atomic E-state index is -4.47. The molecule has 0 fully saturated rings. The smallest absolute Gasteiger partial charge is 0.277 e. The summed E-state index contributed by atoms with van der Waals surface area (Å²) < 4.78 is 46.6. The molecule has 0 aliphatic rings. The molecule has 0 aliphatic carbocycles. The monoisotopic (exact) mass is 258 g/mol. The van der Waals surface area contributed by atoms with Crippen LogP contribution in [0.4, 0.5) is 14.5 Å². The molecule has 5 nitrogen and oxygen atoms in total. The molecule has 0 saturated heterocycles. The fourth-order valence-electron chi connectivity index (χ4n) is 0.983. The van der Waals surface area contributed by atoms with Gasteiger partial charge in [0.25, 0.3) is 21.0 Å². The number of pyridine rings is 1. The third-order valence-electron chi connectivity index (χ3n) is 1.54. The van der Waals surface area contributed by atoms with Crippen molar-refractivity contribution >= 4 is 25.4 Å². The maximum Gasteiger partial charge on any atom is 0.277 e. The van der Waals surface area contributed by atoms with Crippen LogP contribution in [0.1, 0.15) is 12.0 Å². The Kier molecular flexibility index (Phi) is 3.00. The van der Waals surface area contributed by atoms with Gasteiger partial charge in [-0.3, -0.25) is 4.79 Å². The highest BCUT2D eigenvalue weighted by Gasteiger charge is 2.25. The Bertz CT molecular complexity index is 540. The van der Waals surface area contributed by atoms with Crippen LogP contribution in [0.25, 0.3) is 0 Å². The predicted octanol–water partition coefficient (Wildman–Crippen LogP) is 0.822. The Morgan fingerprint density at radius 3 is 2.40 bits per heavy atom. The normalized spacial score (nSPS) is 12.0. The Labute approximate surface area is 87.3 Å². The summed E-state index contributed by atoms with van der Waals surface area (Å²) in [6.45, 7) is 0. The second-order valence-electron chi connectivity index (χ2n) is 2.57. The first kappa shape index (κ1) is 11.9. The van der Waals surface area contributed by atoms with E-state index in [2.05, 4.69) is 0 Å². The average molecular weight is 259 g/mol. The molecule has 0 atom stereocenters. The molecule has 3 N–H and O–H groups in total. The van der Waals surface area contributed by atoms with Crippen molar-refractivity contribution in [1.82, 2.24) is 4.98 Å². The van der Waals surface area contributed by atoms with Gasteiger partial charge in [0.2, 0.25) is 0 Å². The van der Waals surface area contributed by atoms with Gasteiger partial charge in [-0.2, -0.15) is 0 Å². The zero-order chi connectivity index (χ0) is 11.8. The number of nitrogens with two attached hydrogens (primary N) is 1. The molecule has 1 heterocycles. The Morgan fingerprint density at radius 2 is 2.00 bits per heavy atom. The van der Waals surface area contributed by atoms with Crippen molar-refractivity contribution in [3.8, 4) is 0 Å². The van der Waals surface area contributed by atoms with E-state index in [4.69, 9.17) is 16.4 Å². The number of alkyl halides is 2. The van der Waals surface area contributed by atoms with Gasteiger partial charge < -0.3 is 10.7 Å². The summed E-state index contributed by atoms with van der Waals surface area (Å²) in [5, 5.41) is -1.07. The van der Waals surface area contributed by atoms with Gasteiger partial charge in [0, 0.05) is 22.4 Å². The van der Waals surface area contributed by atoms with Crippen molar-refractivity contribution in [3.05, 3.63) is 22.0 Å². The lowest BCUT2D eigenvalue weighted by Crippen LogP contribution is -2.15. The predicted molar refractivity (Wildman–Crippen MR) is 49.5 cm³/mol. The molecule has 15 heavy (non-hydrogen) atoms. The maximum absolute atomic E-state index is 12.4. The van der Waals surface area contributed by atoms with E-state index >= 15 is 0 Å². The van der Waals surface area contributed by atoms with Crippen LogP contribution in [0.2, 0.25) is 0 Å². The van der Waals surface area contributed by atoms with Crippen LogP contribution < -0.4 is 11.3 Å². The van der Waals surface area contributed by atoms with Gasteiger partial charge in [0.1, 0.15) is 0 Å². The van der Waals surface area contributed by atoms with Crippen LogP contribution in [0.5, 0.6) is 0 Å². The van der Waals surface area contributed by atoms with E-state index in [1.165, 1.54) is 0 Å². The number of halogens is 3. The SMILES string of the molecule is Nc1cc(=O)[nH]c(S(=O)(=O)Cl)c1C(F)F. The van der Waals surface area contributed by atoms with Crippen molar-refractivity contribution in [2.75, 3.05) is 5.73 Å². The van der Waals surface area contributed by atoms with Crippen LogP contribution in [-0.4, -0.2) is 13.4 Å².